The predicted octanol–water partition coefficient (Wildman–Crippen LogP) is 1.22. The van der Waals surface area contributed by atoms with Crippen molar-refractivity contribution in [1.82, 2.24) is 15.1 Å². The molecule has 0 rings (SSSR count). The smallest absolute Gasteiger partial charge is 0.317 e. The second-order valence-electron chi connectivity index (χ2n) is 5.02. The first-order chi connectivity index (χ1) is 8.86. The van der Waals surface area contributed by atoms with Gasteiger partial charge in [-0.3, -0.25) is 4.79 Å². The lowest BCUT2D eigenvalue weighted by molar-refractivity contribution is -0.137. The number of hydrogen-bond donors (Lipinski definition) is 2. The molecule has 0 spiro atoms. The van der Waals surface area contributed by atoms with E-state index >= 15 is 0 Å². The highest BCUT2D eigenvalue weighted by Crippen LogP contribution is 1.99. The monoisotopic (exact) mass is 273 g/mol. The topological polar surface area (TPSA) is 72.9 Å². The second-order valence-corrected chi connectivity index (χ2v) is 5.02. The molecular weight excluding hydrogens is 246 g/mol. The molecule has 0 aliphatic carbocycles. The molecule has 0 heterocycles. The first-order valence-corrected chi connectivity index (χ1v) is 6.78. The van der Waals surface area contributed by atoms with Crippen molar-refractivity contribution < 1.29 is 14.7 Å². The summed E-state index contributed by atoms with van der Waals surface area (Å²) in [6.07, 6.45) is 1.46. The van der Waals surface area contributed by atoms with Crippen LogP contribution >= 0.6 is 0 Å². The van der Waals surface area contributed by atoms with Gasteiger partial charge in [-0.2, -0.15) is 0 Å². The number of carbonyl (C=O) groups is 2. The summed E-state index contributed by atoms with van der Waals surface area (Å²) >= 11 is 0. The second kappa shape index (κ2) is 9.61. The van der Waals surface area contributed by atoms with Gasteiger partial charge in [-0.05, 0) is 47.3 Å². The van der Waals surface area contributed by atoms with Gasteiger partial charge in [-0.1, -0.05) is 0 Å². The SMILES string of the molecule is CCN(CCCN(C)C)C(=O)NC(C)CCC(=O)O. The van der Waals surface area contributed by atoms with Crippen LogP contribution in [0.4, 0.5) is 4.79 Å². The fourth-order valence-electron chi connectivity index (χ4n) is 1.70. The molecule has 2 amide bonds. The van der Waals surface area contributed by atoms with E-state index < -0.39 is 5.97 Å². The molecule has 1 atom stereocenters. The third kappa shape index (κ3) is 9.30. The van der Waals surface area contributed by atoms with Gasteiger partial charge in [0.2, 0.25) is 0 Å². The average molecular weight is 273 g/mol. The van der Waals surface area contributed by atoms with E-state index in [4.69, 9.17) is 5.11 Å². The fraction of sp³-hybridized carbons (Fsp3) is 0.846. The van der Waals surface area contributed by atoms with Crippen LogP contribution in [0, 0.1) is 0 Å². The Balaban J connectivity index is 4.02. The normalized spacial score (nSPS) is 12.3. The van der Waals surface area contributed by atoms with E-state index in [1.54, 1.807) is 4.90 Å². The van der Waals surface area contributed by atoms with Crippen LogP contribution in [0.3, 0.4) is 0 Å². The minimum Gasteiger partial charge on any atom is -0.481 e. The molecule has 0 aliphatic heterocycles. The first-order valence-electron chi connectivity index (χ1n) is 6.78. The maximum absolute atomic E-state index is 12.0. The van der Waals surface area contributed by atoms with Crippen molar-refractivity contribution in [2.24, 2.45) is 0 Å². The van der Waals surface area contributed by atoms with Gasteiger partial charge in [0.1, 0.15) is 0 Å². The maximum atomic E-state index is 12.0. The van der Waals surface area contributed by atoms with Gasteiger partial charge in [0.05, 0.1) is 0 Å². The molecule has 2 N–H and O–H groups in total. The standard InChI is InChI=1S/C13H27N3O3/c1-5-16(10-6-9-15(3)4)13(19)14-11(2)7-8-12(17)18/h11H,5-10H2,1-4H3,(H,14,19)(H,17,18). The van der Waals surface area contributed by atoms with Crippen molar-refractivity contribution in [1.29, 1.82) is 0 Å². The molecule has 112 valence electrons. The zero-order valence-corrected chi connectivity index (χ0v) is 12.5. The molecule has 0 fully saturated rings. The molecule has 0 aromatic carbocycles. The Kier molecular flexibility index (Phi) is 8.95. The summed E-state index contributed by atoms with van der Waals surface area (Å²) in [4.78, 5) is 26.3. The predicted molar refractivity (Wildman–Crippen MR) is 75.3 cm³/mol. The van der Waals surface area contributed by atoms with Crippen molar-refractivity contribution in [3.8, 4) is 0 Å². The molecule has 6 nitrogen and oxygen atoms in total. The minimum atomic E-state index is -0.834. The van der Waals surface area contributed by atoms with Gasteiger partial charge in [0.25, 0.3) is 0 Å². The summed E-state index contributed by atoms with van der Waals surface area (Å²) < 4.78 is 0. The molecule has 0 aromatic heterocycles. The van der Waals surface area contributed by atoms with Crippen molar-refractivity contribution >= 4 is 12.0 Å². The van der Waals surface area contributed by atoms with Crippen LogP contribution < -0.4 is 5.32 Å². The minimum absolute atomic E-state index is 0.0776. The highest BCUT2D eigenvalue weighted by molar-refractivity contribution is 5.74. The third-order valence-electron chi connectivity index (χ3n) is 2.86. The molecule has 6 heteroatoms. The molecule has 0 aliphatic rings. The number of rotatable bonds is 9. The largest absolute Gasteiger partial charge is 0.481 e. The molecule has 0 saturated heterocycles. The van der Waals surface area contributed by atoms with E-state index in [-0.39, 0.29) is 18.5 Å². The molecule has 0 radical (unpaired) electrons. The molecule has 1 unspecified atom stereocenters. The number of aliphatic carboxylic acids is 1. The number of nitrogens with one attached hydrogen (secondary N) is 1. The summed E-state index contributed by atoms with van der Waals surface area (Å²) in [5, 5.41) is 11.4. The van der Waals surface area contributed by atoms with E-state index in [9.17, 15) is 9.59 Å². The maximum Gasteiger partial charge on any atom is 0.317 e. The van der Waals surface area contributed by atoms with Gasteiger partial charge in [-0.25, -0.2) is 4.79 Å². The van der Waals surface area contributed by atoms with Crippen molar-refractivity contribution in [3.63, 3.8) is 0 Å². The Labute approximate surface area is 115 Å². The summed E-state index contributed by atoms with van der Waals surface area (Å²) in [5.41, 5.74) is 0. The fourth-order valence-corrected chi connectivity index (χ4v) is 1.70. The van der Waals surface area contributed by atoms with Crippen LogP contribution in [0.25, 0.3) is 0 Å². The number of hydrogen-bond acceptors (Lipinski definition) is 3. The van der Waals surface area contributed by atoms with Crippen LogP contribution in [0.1, 0.15) is 33.1 Å². The Morgan fingerprint density at radius 3 is 2.37 bits per heavy atom. The van der Waals surface area contributed by atoms with E-state index in [0.29, 0.717) is 19.5 Å². The molecule has 19 heavy (non-hydrogen) atoms. The van der Waals surface area contributed by atoms with E-state index in [2.05, 4.69) is 10.2 Å². The van der Waals surface area contributed by atoms with Crippen LogP contribution in [-0.4, -0.2) is 66.7 Å². The zero-order valence-electron chi connectivity index (χ0n) is 12.5. The zero-order chi connectivity index (χ0) is 14.8. The van der Waals surface area contributed by atoms with Crippen molar-refractivity contribution in [3.05, 3.63) is 0 Å². The molecule has 0 bridgehead atoms. The number of nitrogens with zero attached hydrogens (tertiary/aromatic N) is 2. The number of amides is 2. The molecular formula is C13H27N3O3. The highest BCUT2D eigenvalue weighted by atomic mass is 16.4. The summed E-state index contributed by atoms with van der Waals surface area (Å²) in [6, 6.07) is -0.231. The quantitative estimate of drug-likeness (QED) is 0.662. The van der Waals surface area contributed by atoms with E-state index in [1.165, 1.54) is 0 Å². The van der Waals surface area contributed by atoms with Crippen LogP contribution in [0.2, 0.25) is 0 Å². The van der Waals surface area contributed by atoms with Crippen molar-refractivity contribution in [2.75, 3.05) is 33.7 Å². The lowest BCUT2D eigenvalue weighted by Crippen LogP contribution is -2.44. The number of carboxylic acid groups (broad SMARTS) is 1. The van der Waals surface area contributed by atoms with E-state index in [1.807, 2.05) is 27.9 Å². The van der Waals surface area contributed by atoms with E-state index in [0.717, 1.165) is 13.0 Å². The van der Waals surface area contributed by atoms with Crippen LogP contribution in [0.15, 0.2) is 0 Å². The Hall–Kier alpha value is -1.30. The number of carbonyl (C=O) groups excluding carboxylic acids is 1. The number of carboxylic acids is 1. The van der Waals surface area contributed by atoms with Gasteiger partial charge < -0.3 is 20.2 Å². The average Bonchev–Trinajstić information content (AvgIpc) is 2.31. The van der Waals surface area contributed by atoms with Gasteiger partial charge >= 0.3 is 12.0 Å². The Morgan fingerprint density at radius 2 is 1.89 bits per heavy atom. The third-order valence-corrected chi connectivity index (χ3v) is 2.86. The van der Waals surface area contributed by atoms with Crippen LogP contribution in [0.5, 0.6) is 0 Å². The van der Waals surface area contributed by atoms with Gasteiger partial charge in [-0.15, -0.1) is 0 Å². The van der Waals surface area contributed by atoms with Crippen LogP contribution in [-0.2, 0) is 4.79 Å². The summed E-state index contributed by atoms with van der Waals surface area (Å²) in [7, 11) is 4.01. The first kappa shape index (κ1) is 17.7. The van der Waals surface area contributed by atoms with Gasteiger partial charge in [0.15, 0.2) is 0 Å². The summed E-state index contributed by atoms with van der Waals surface area (Å²) in [6.45, 7) is 6.08. The Morgan fingerprint density at radius 1 is 1.26 bits per heavy atom. The lowest BCUT2D eigenvalue weighted by Gasteiger charge is -2.24. The molecule has 0 aromatic rings. The highest BCUT2D eigenvalue weighted by Gasteiger charge is 2.14. The lowest BCUT2D eigenvalue weighted by atomic mass is 10.2. The van der Waals surface area contributed by atoms with Crippen molar-refractivity contribution in [2.45, 2.75) is 39.2 Å². The molecule has 0 saturated carbocycles. The van der Waals surface area contributed by atoms with Gasteiger partial charge in [0, 0.05) is 25.6 Å². The Bertz CT molecular complexity index is 282. The summed E-state index contributed by atoms with van der Waals surface area (Å²) in [5.74, 6) is -0.834. The number of urea groups is 1.